The predicted octanol–water partition coefficient (Wildman–Crippen LogP) is 1.70. The Hall–Kier alpha value is -2.61. The topological polar surface area (TPSA) is 95.9 Å². The lowest BCUT2D eigenvalue weighted by atomic mass is 10.0. The first-order chi connectivity index (χ1) is 10.3. The van der Waals surface area contributed by atoms with Crippen molar-refractivity contribution in [3.63, 3.8) is 0 Å². The lowest BCUT2D eigenvalue weighted by Gasteiger charge is -2.11. The van der Waals surface area contributed by atoms with Crippen LogP contribution in [0.15, 0.2) is 28.7 Å². The van der Waals surface area contributed by atoms with Crippen LogP contribution in [0.3, 0.4) is 0 Å². The summed E-state index contributed by atoms with van der Waals surface area (Å²) in [7, 11) is 0. The van der Waals surface area contributed by atoms with Gasteiger partial charge >= 0.3 is 0 Å². The first-order valence-electron chi connectivity index (χ1n) is 6.42. The van der Waals surface area contributed by atoms with Gasteiger partial charge in [-0.25, -0.2) is 10.4 Å². The molecule has 1 aliphatic heterocycles. The Bertz CT molecular complexity index is 851. The molecule has 7 nitrogen and oxygen atoms in total. The highest BCUT2D eigenvalue weighted by Gasteiger charge is 2.15. The van der Waals surface area contributed by atoms with E-state index in [1.165, 1.54) is 11.5 Å². The molecule has 2 N–H and O–H groups in total. The number of amides is 1. The third-order valence-corrected chi connectivity index (χ3v) is 3.83. The number of carbonyl (C=O) groups is 1. The molecule has 0 radical (unpaired) electrons. The van der Waals surface area contributed by atoms with Crippen LogP contribution in [0.2, 0.25) is 0 Å². The van der Waals surface area contributed by atoms with Crippen molar-refractivity contribution in [2.24, 2.45) is 5.10 Å². The van der Waals surface area contributed by atoms with Gasteiger partial charge in [0.1, 0.15) is 5.69 Å². The molecule has 0 atom stereocenters. The number of hydrogen-bond acceptors (Lipinski definition) is 6. The Morgan fingerprint density at radius 2 is 2.19 bits per heavy atom. The summed E-state index contributed by atoms with van der Waals surface area (Å²) in [4.78, 5) is 18.9. The standard InChI is InChI=1S/C13H10N6OS/c20-12-4-3-8(16-18-12)7-1-2-9-10(5-7)15-13(14-9)11-6-21-19-17-11/h1-2,5-6H,3-4H2,(H,14,15)(H,18,20). The first-order valence-corrected chi connectivity index (χ1v) is 7.26. The van der Waals surface area contributed by atoms with Gasteiger partial charge in [-0.15, -0.1) is 5.10 Å². The van der Waals surface area contributed by atoms with E-state index in [1.807, 2.05) is 23.6 Å². The van der Waals surface area contributed by atoms with Crippen molar-refractivity contribution < 1.29 is 4.79 Å². The molecule has 0 unspecified atom stereocenters. The fourth-order valence-corrected chi connectivity index (χ4v) is 2.70. The number of rotatable bonds is 2. The zero-order valence-electron chi connectivity index (χ0n) is 10.8. The summed E-state index contributed by atoms with van der Waals surface area (Å²) in [6, 6.07) is 5.88. The van der Waals surface area contributed by atoms with Crippen LogP contribution >= 0.6 is 11.5 Å². The maximum atomic E-state index is 11.1. The van der Waals surface area contributed by atoms with Gasteiger partial charge in [-0.05, 0) is 29.2 Å². The van der Waals surface area contributed by atoms with E-state index in [0.29, 0.717) is 18.7 Å². The minimum atomic E-state index is -0.0420. The van der Waals surface area contributed by atoms with Gasteiger partial charge in [0.05, 0.1) is 16.7 Å². The Labute approximate surface area is 123 Å². The smallest absolute Gasteiger partial charge is 0.240 e. The predicted molar refractivity (Wildman–Crippen MR) is 78.9 cm³/mol. The lowest BCUT2D eigenvalue weighted by molar-refractivity contribution is -0.121. The molecule has 8 heteroatoms. The fraction of sp³-hybridized carbons (Fsp3) is 0.154. The van der Waals surface area contributed by atoms with Crippen LogP contribution in [0, 0.1) is 0 Å². The third kappa shape index (κ3) is 2.19. The second-order valence-electron chi connectivity index (χ2n) is 4.70. The number of fused-ring (bicyclic) bond motifs is 1. The Morgan fingerprint density at radius 3 is 2.95 bits per heavy atom. The Kier molecular flexibility index (Phi) is 2.74. The minimum absolute atomic E-state index is 0.0420. The molecule has 3 heterocycles. The summed E-state index contributed by atoms with van der Waals surface area (Å²) in [5, 5.41) is 9.96. The first kappa shape index (κ1) is 12.2. The van der Waals surface area contributed by atoms with Crippen molar-refractivity contribution in [3.8, 4) is 11.5 Å². The van der Waals surface area contributed by atoms with Crippen LogP contribution in [0.1, 0.15) is 18.4 Å². The molecule has 3 aromatic rings. The number of carbonyl (C=O) groups excluding carboxylic acids is 1. The zero-order valence-corrected chi connectivity index (χ0v) is 11.6. The normalized spacial score (nSPS) is 15.0. The number of H-pyrrole nitrogens is 1. The van der Waals surface area contributed by atoms with Gasteiger partial charge in [-0.2, -0.15) is 5.10 Å². The van der Waals surface area contributed by atoms with E-state index < -0.39 is 0 Å². The quantitative estimate of drug-likeness (QED) is 0.752. The van der Waals surface area contributed by atoms with E-state index in [2.05, 4.69) is 30.1 Å². The van der Waals surface area contributed by atoms with Gasteiger partial charge in [0.15, 0.2) is 5.82 Å². The largest absolute Gasteiger partial charge is 0.337 e. The summed E-state index contributed by atoms with van der Waals surface area (Å²) in [5.41, 5.74) is 6.88. The average molecular weight is 298 g/mol. The summed E-state index contributed by atoms with van der Waals surface area (Å²) >= 11 is 1.29. The summed E-state index contributed by atoms with van der Waals surface area (Å²) < 4.78 is 3.84. The number of aromatic amines is 1. The molecule has 21 heavy (non-hydrogen) atoms. The van der Waals surface area contributed by atoms with Crippen molar-refractivity contribution in [1.29, 1.82) is 0 Å². The van der Waals surface area contributed by atoms with Crippen molar-refractivity contribution in [3.05, 3.63) is 29.1 Å². The molecule has 2 aromatic heterocycles. The lowest BCUT2D eigenvalue weighted by Crippen LogP contribution is -2.25. The minimum Gasteiger partial charge on any atom is -0.337 e. The number of imidazole rings is 1. The molecular formula is C13H10N6OS. The Balaban J connectivity index is 1.75. The van der Waals surface area contributed by atoms with Crippen LogP contribution in [0.5, 0.6) is 0 Å². The fourth-order valence-electron chi connectivity index (χ4n) is 2.26. The van der Waals surface area contributed by atoms with Gasteiger partial charge in [-0.1, -0.05) is 10.6 Å². The van der Waals surface area contributed by atoms with Crippen LogP contribution < -0.4 is 5.43 Å². The highest BCUT2D eigenvalue weighted by molar-refractivity contribution is 7.03. The second-order valence-corrected chi connectivity index (χ2v) is 5.31. The van der Waals surface area contributed by atoms with E-state index >= 15 is 0 Å². The molecule has 0 bridgehead atoms. The van der Waals surface area contributed by atoms with Gasteiger partial charge in [0.2, 0.25) is 5.91 Å². The van der Waals surface area contributed by atoms with Gasteiger partial charge in [0, 0.05) is 18.2 Å². The number of aromatic nitrogens is 4. The SMILES string of the molecule is O=C1CCC(c2ccc3nc(-c4csnn4)[nH]c3c2)=NN1. The molecule has 1 amide bonds. The summed E-state index contributed by atoms with van der Waals surface area (Å²) in [6.45, 7) is 0. The number of benzene rings is 1. The molecule has 0 saturated carbocycles. The van der Waals surface area contributed by atoms with Gasteiger partial charge < -0.3 is 4.98 Å². The molecule has 0 spiro atoms. The number of hydrazone groups is 1. The molecule has 0 fully saturated rings. The summed E-state index contributed by atoms with van der Waals surface area (Å²) in [5.74, 6) is 0.662. The highest BCUT2D eigenvalue weighted by Crippen LogP contribution is 2.21. The highest BCUT2D eigenvalue weighted by atomic mass is 32.1. The number of nitrogens with one attached hydrogen (secondary N) is 2. The van der Waals surface area contributed by atoms with Gasteiger partial charge in [-0.3, -0.25) is 4.79 Å². The van der Waals surface area contributed by atoms with E-state index in [4.69, 9.17) is 0 Å². The van der Waals surface area contributed by atoms with E-state index in [9.17, 15) is 4.79 Å². The van der Waals surface area contributed by atoms with Crippen molar-refractivity contribution in [2.75, 3.05) is 0 Å². The molecule has 104 valence electrons. The van der Waals surface area contributed by atoms with Crippen LogP contribution in [0.4, 0.5) is 0 Å². The molecule has 4 rings (SSSR count). The van der Waals surface area contributed by atoms with Crippen LogP contribution in [-0.2, 0) is 4.79 Å². The molecule has 0 saturated heterocycles. The van der Waals surface area contributed by atoms with E-state index in [1.54, 1.807) is 0 Å². The van der Waals surface area contributed by atoms with Crippen LogP contribution in [0.25, 0.3) is 22.6 Å². The van der Waals surface area contributed by atoms with E-state index in [0.717, 1.165) is 28.0 Å². The molecule has 1 aromatic carbocycles. The number of nitrogens with zero attached hydrogens (tertiary/aromatic N) is 4. The summed E-state index contributed by atoms with van der Waals surface area (Å²) in [6.07, 6.45) is 1.12. The number of hydrogen-bond donors (Lipinski definition) is 2. The second kappa shape index (κ2) is 4.74. The average Bonchev–Trinajstić information content (AvgIpc) is 3.16. The molecule has 1 aliphatic rings. The van der Waals surface area contributed by atoms with Crippen LogP contribution in [-0.4, -0.2) is 31.2 Å². The molecule has 0 aliphatic carbocycles. The Morgan fingerprint density at radius 1 is 1.24 bits per heavy atom. The van der Waals surface area contributed by atoms with Gasteiger partial charge in [0.25, 0.3) is 0 Å². The van der Waals surface area contributed by atoms with E-state index in [-0.39, 0.29) is 5.91 Å². The third-order valence-electron chi connectivity index (χ3n) is 3.32. The monoisotopic (exact) mass is 298 g/mol. The van der Waals surface area contributed by atoms with Crippen molar-refractivity contribution >= 4 is 34.2 Å². The molecular weight excluding hydrogens is 288 g/mol. The zero-order chi connectivity index (χ0) is 14.2. The maximum absolute atomic E-state index is 11.1. The van der Waals surface area contributed by atoms with Crippen molar-refractivity contribution in [2.45, 2.75) is 12.8 Å². The van der Waals surface area contributed by atoms with Crippen molar-refractivity contribution in [1.82, 2.24) is 25.0 Å². The maximum Gasteiger partial charge on any atom is 0.240 e.